The lowest BCUT2D eigenvalue weighted by molar-refractivity contribution is 0.0962. The van der Waals surface area contributed by atoms with Crippen LogP contribution in [-0.4, -0.2) is 44.8 Å². The molecule has 3 aromatic rings. The van der Waals surface area contributed by atoms with Crippen molar-refractivity contribution in [2.45, 2.75) is 45.4 Å². The molecule has 1 N–H and O–H groups in total. The number of halogens is 1. The first-order valence-corrected chi connectivity index (χ1v) is 16.0. The highest BCUT2D eigenvalue weighted by Crippen LogP contribution is 2.36. The Morgan fingerprint density at radius 2 is 1.76 bits per heavy atom. The molecule has 0 radical (unpaired) electrons. The maximum Gasteiger partial charge on any atom is 0.251 e. The fourth-order valence-electron chi connectivity index (χ4n) is 3.60. The highest BCUT2D eigenvalue weighted by molar-refractivity contribution is 6.74. The van der Waals surface area contributed by atoms with E-state index in [0.717, 1.165) is 5.56 Å². The molecule has 202 valence electrons. The van der Waals surface area contributed by atoms with Crippen LogP contribution in [0.1, 0.15) is 52.7 Å². The summed E-state index contributed by atoms with van der Waals surface area (Å²) < 4.78 is 13.9. The van der Waals surface area contributed by atoms with Crippen molar-refractivity contribution in [2.24, 2.45) is 0 Å². The summed E-state index contributed by atoms with van der Waals surface area (Å²) >= 11 is 6.06. The Balaban J connectivity index is 1.61. The SMILES string of the molecule is CNC(=O)c1cc(Cl)ccc1C=CCn1cccc1C(=O)c1ccc(OCCO[Si](C)(C)C(C)(C)C)cc1. The Hall–Kier alpha value is -3.13. The zero-order chi connectivity index (χ0) is 27.9. The number of ketones is 1. The summed E-state index contributed by atoms with van der Waals surface area (Å²) in [6, 6.07) is 16.0. The van der Waals surface area contributed by atoms with Crippen molar-refractivity contribution >= 4 is 37.7 Å². The third-order valence-corrected chi connectivity index (χ3v) is 11.7. The van der Waals surface area contributed by atoms with Gasteiger partial charge < -0.3 is 19.0 Å². The van der Waals surface area contributed by atoms with E-state index in [0.29, 0.717) is 47.4 Å². The van der Waals surface area contributed by atoms with Gasteiger partial charge in [-0.05, 0) is 72.2 Å². The fourth-order valence-corrected chi connectivity index (χ4v) is 4.80. The monoisotopic (exact) mass is 552 g/mol. The first-order chi connectivity index (χ1) is 17.9. The number of rotatable bonds is 11. The third kappa shape index (κ3) is 7.46. The number of hydrogen-bond donors (Lipinski definition) is 1. The molecular formula is C30H37ClN2O4Si. The lowest BCUT2D eigenvalue weighted by Crippen LogP contribution is -2.41. The molecule has 0 aliphatic rings. The molecule has 8 heteroatoms. The number of nitrogens with zero attached hydrogens (tertiary/aromatic N) is 1. The van der Waals surface area contributed by atoms with Gasteiger partial charge in [0.1, 0.15) is 12.4 Å². The van der Waals surface area contributed by atoms with Crippen LogP contribution >= 0.6 is 11.6 Å². The van der Waals surface area contributed by atoms with Gasteiger partial charge >= 0.3 is 0 Å². The average molecular weight is 553 g/mol. The van der Waals surface area contributed by atoms with E-state index in [4.69, 9.17) is 20.8 Å². The molecule has 6 nitrogen and oxygen atoms in total. The molecular weight excluding hydrogens is 516 g/mol. The molecule has 0 saturated heterocycles. The summed E-state index contributed by atoms with van der Waals surface area (Å²) in [7, 11) is -0.218. The van der Waals surface area contributed by atoms with E-state index < -0.39 is 8.32 Å². The predicted octanol–water partition coefficient (Wildman–Crippen LogP) is 6.85. The molecule has 1 amide bonds. The molecule has 0 unspecified atom stereocenters. The van der Waals surface area contributed by atoms with Crippen LogP contribution in [-0.2, 0) is 11.0 Å². The van der Waals surface area contributed by atoms with E-state index in [1.54, 1.807) is 43.4 Å². The molecule has 0 saturated carbocycles. The molecule has 0 fully saturated rings. The first-order valence-electron chi connectivity index (χ1n) is 12.7. The number of benzene rings is 2. The van der Waals surface area contributed by atoms with Crippen LogP contribution in [0.5, 0.6) is 5.75 Å². The molecule has 0 bridgehead atoms. The zero-order valence-electron chi connectivity index (χ0n) is 23.0. The molecule has 0 atom stereocenters. The molecule has 1 heterocycles. The second-order valence-electron chi connectivity index (χ2n) is 10.6. The van der Waals surface area contributed by atoms with E-state index in [1.807, 2.05) is 41.1 Å². The van der Waals surface area contributed by atoms with Gasteiger partial charge in [-0.1, -0.05) is 50.6 Å². The third-order valence-electron chi connectivity index (χ3n) is 6.89. The summed E-state index contributed by atoms with van der Waals surface area (Å²) in [5.41, 5.74) is 2.40. The number of allylic oxidation sites excluding steroid dienone is 1. The van der Waals surface area contributed by atoms with Gasteiger partial charge in [-0.25, -0.2) is 0 Å². The van der Waals surface area contributed by atoms with Crippen molar-refractivity contribution in [3.8, 4) is 5.75 Å². The van der Waals surface area contributed by atoms with E-state index in [-0.39, 0.29) is 16.7 Å². The molecule has 0 aliphatic carbocycles. The van der Waals surface area contributed by atoms with Gasteiger partial charge in [-0.15, -0.1) is 0 Å². The van der Waals surface area contributed by atoms with Crippen molar-refractivity contribution in [3.05, 3.63) is 94.3 Å². The molecule has 2 aromatic carbocycles. The van der Waals surface area contributed by atoms with E-state index in [2.05, 4.69) is 39.2 Å². The average Bonchev–Trinajstić information content (AvgIpc) is 3.34. The molecule has 3 rings (SSSR count). The quantitative estimate of drug-likeness (QED) is 0.160. The second kappa shape index (κ2) is 12.6. The Morgan fingerprint density at radius 3 is 2.42 bits per heavy atom. The summed E-state index contributed by atoms with van der Waals surface area (Å²) in [5, 5.41) is 3.28. The lowest BCUT2D eigenvalue weighted by Gasteiger charge is -2.36. The molecule has 38 heavy (non-hydrogen) atoms. The van der Waals surface area contributed by atoms with Crippen LogP contribution in [0, 0.1) is 0 Å². The Bertz CT molecular complexity index is 1290. The van der Waals surface area contributed by atoms with Gasteiger partial charge in [-0.3, -0.25) is 9.59 Å². The summed E-state index contributed by atoms with van der Waals surface area (Å²) in [4.78, 5) is 25.4. The highest BCUT2D eigenvalue weighted by Gasteiger charge is 2.36. The Kier molecular flexibility index (Phi) is 9.76. The summed E-state index contributed by atoms with van der Waals surface area (Å²) in [6.45, 7) is 12.6. The number of carbonyl (C=O) groups is 2. The predicted molar refractivity (Wildman–Crippen MR) is 157 cm³/mol. The first kappa shape index (κ1) is 29.4. The Morgan fingerprint density at radius 1 is 1.05 bits per heavy atom. The number of hydrogen-bond acceptors (Lipinski definition) is 4. The van der Waals surface area contributed by atoms with Gasteiger partial charge in [0.05, 0.1) is 12.3 Å². The number of carbonyl (C=O) groups excluding carboxylic acids is 2. The minimum absolute atomic E-state index is 0.0752. The molecule has 1 aromatic heterocycles. The van der Waals surface area contributed by atoms with Gasteiger partial charge in [0.2, 0.25) is 5.78 Å². The smallest absolute Gasteiger partial charge is 0.251 e. The lowest BCUT2D eigenvalue weighted by atomic mass is 10.1. The molecule has 0 spiro atoms. The largest absolute Gasteiger partial charge is 0.491 e. The van der Waals surface area contributed by atoms with Crippen molar-refractivity contribution in [1.29, 1.82) is 0 Å². The maximum absolute atomic E-state index is 13.2. The minimum Gasteiger partial charge on any atom is -0.491 e. The van der Waals surface area contributed by atoms with Crippen molar-refractivity contribution in [1.82, 2.24) is 9.88 Å². The maximum atomic E-state index is 13.2. The van der Waals surface area contributed by atoms with Crippen LogP contribution in [0.15, 0.2) is 66.9 Å². The van der Waals surface area contributed by atoms with Crippen LogP contribution in [0.3, 0.4) is 0 Å². The topological polar surface area (TPSA) is 69.6 Å². The van der Waals surface area contributed by atoms with Crippen LogP contribution < -0.4 is 10.1 Å². The minimum atomic E-state index is -1.80. The van der Waals surface area contributed by atoms with Crippen LogP contribution in [0.4, 0.5) is 0 Å². The standard InChI is InChI=1S/C30H37ClN2O4Si/c1-30(2,3)38(5,6)37-20-19-36-25-15-12-23(13-16-25)28(34)27-10-8-18-33(27)17-7-9-22-11-14-24(31)21-26(22)29(35)32-4/h7-16,18,21H,17,19-20H2,1-6H3,(H,32,35). The van der Waals surface area contributed by atoms with Crippen molar-refractivity contribution in [3.63, 3.8) is 0 Å². The van der Waals surface area contributed by atoms with Crippen LogP contribution in [0.2, 0.25) is 23.2 Å². The molecule has 0 aliphatic heterocycles. The van der Waals surface area contributed by atoms with Gasteiger partial charge in [-0.2, -0.15) is 0 Å². The summed E-state index contributed by atoms with van der Waals surface area (Å²) in [5.74, 6) is 0.418. The number of nitrogens with one attached hydrogen (secondary N) is 1. The number of amides is 1. The summed E-state index contributed by atoms with van der Waals surface area (Å²) in [6.07, 6.45) is 5.63. The number of ether oxygens (including phenoxy) is 1. The van der Waals surface area contributed by atoms with Crippen molar-refractivity contribution < 1.29 is 18.8 Å². The van der Waals surface area contributed by atoms with Crippen molar-refractivity contribution in [2.75, 3.05) is 20.3 Å². The Labute approximate surface area is 231 Å². The second-order valence-corrected chi connectivity index (χ2v) is 15.8. The van der Waals surface area contributed by atoms with Gasteiger partial charge in [0, 0.05) is 35.9 Å². The highest BCUT2D eigenvalue weighted by atomic mass is 35.5. The van der Waals surface area contributed by atoms with Gasteiger partial charge in [0.15, 0.2) is 8.32 Å². The van der Waals surface area contributed by atoms with E-state index in [9.17, 15) is 9.59 Å². The van der Waals surface area contributed by atoms with Crippen LogP contribution in [0.25, 0.3) is 6.08 Å². The van der Waals surface area contributed by atoms with E-state index in [1.165, 1.54) is 0 Å². The van der Waals surface area contributed by atoms with Gasteiger partial charge in [0.25, 0.3) is 5.91 Å². The fraction of sp³-hybridized carbons (Fsp3) is 0.333. The number of aromatic nitrogens is 1. The normalized spacial score (nSPS) is 12.1. The zero-order valence-corrected chi connectivity index (χ0v) is 24.8. The van der Waals surface area contributed by atoms with E-state index >= 15 is 0 Å².